The van der Waals surface area contributed by atoms with Crippen molar-refractivity contribution in [2.75, 3.05) is 33.8 Å². The van der Waals surface area contributed by atoms with E-state index in [1.54, 1.807) is 0 Å². The number of hydrogen-bond donors (Lipinski definition) is 1. The van der Waals surface area contributed by atoms with Crippen molar-refractivity contribution in [3.05, 3.63) is 0 Å². The van der Waals surface area contributed by atoms with Crippen molar-refractivity contribution in [3.8, 4) is 0 Å². The Morgan fingerprint density at radius 3 is 1.73 bits per heavy atom. The van der Waals surface area contributed by atoms with Gasteiger partial charge in [0.2, 0.25) is 0 Å². The van der Waals surface area contributed by atoms with Gasteiger partial charge in [0.05, 0.1) is 27.2 Å². The number of quaternary nitrogens is 1. The molecule has 0 atom stereocenters. The summed E-state index contributed by atoms with van der Waals surface area (Å²) in [5, 5.41) is 9.10. The van der Waals surface area contributed by atoms with Gasteiger partial charge in [0, 0.05) is 25.7 Å². The molecule has 2 radical (unpaired) electrons. The summed E-state index contributed by atoms with van der Waals surface area (Å²) in [6.07, 6.45) is 1.32. The van der Waals surface area contributed by atoms with E-state index in [1.165, 1.54) is 31.1 Å². The number of aliphatic hydroxyl groups excluding tert-OH is 1. The van der Waals surface area contributed by atoms with Crippen LogP contribution in [-0.4, -0.2) is 69.0 Å². The Morgan fingerprint density at radius 2 is 1.36 bits per heavy atom. The summed E-state index contributed by atoms with van der Waals surface area (Å²) in [5.74, 6) is 0. The smallest absolute Gasteiger partial charge is 0.102 e. The van der Waals surface area contributed by atoms with E-state index < -0.39 is 16.1 Å². The van der Waals surface area contributed by atoms with Gasteiger partial charge in [0.25, 0.3) is 0 Å². The molecular formula is C16H40ClNOSi3. The summed E-state index contributed by atoms with van der Waals surface area (Å²) < 4.78 is 0.966. The maximum atomic E-state index is 9.10. The molecule has 0 amide bonds. The predicted octanol–water partition coefficient (Wildman–Crippen LogP) is 1.04. The van der Waals surface area contributed by atoms with Crippen molar-refractivity contribution in [2.24, 2.45) is 0 Å². The average Bonchev–Trinajstić information content (AvgIpc) is 2.19. The Kier molecular flexibility index (Phi) is 12.2. The summed E-state index contributed by atoms with van der Waals surface area (Å²) >= 11 is 0. The highest BCUT2D eigenvalue weighted by Gasteiger charge is 2.26. The van der Waals surface area contributed by atoms with Gasteiger partial charge >= 0.3 is 0 Å². The van der Waals surface area contributed by atoms with Gasteiger partial charge in [0.15, 0.2) is 0 Å². The molecule has 0 rings (SSSR count). The van der Waals surface area contributed by atoms with Crippen LogP contribution in [0.2, 0.25) is 63.0 Å². The monoisotopic (exact) mass is 381 g/mol. The van der Waals surface area contributed by atoms with Crippen LogP contribution in [0.5, 0.6) is 0 Å². The van der Waals surface area contributed by atoms with Crippen LogP contribution in [0.15, 0.2) is 0 Å². The summed E-state index contributed by atoms with van der Waals surface area (Å²) in [6.45, 7) is 17.5. The quantitative estimate of drug-likeness (QED) is 0.322. The molecule has 0 aliphatic heterocycles. The van der Waals surface area contributed by atoms with Gasteiger partial charge in [0.1, 0.15) is 6.54 Å². The van der Waals surface area contributed by atoms with Gasteiger partial charge in [-0.1, -0.05) is 63.0 Å². The minimum atomic E-state index is -0.937. The van der Waals surface area contributed by atoms with Crippen molar-refractivity contribution in [2.45, 2.75) is 69.4 Å². The average molecular weight is 382 g/mol. The fourth-order valence-corrected chi connectivity index (χ4v) is 12.0. The van der Waals surface area contributed by atoms with Gasteiger partial charge in [-0.15, -0.1) is 0 Å². The molecule has 0 unspecified atom stereocenters. The second-order valence-corrected chi connectivity index (χ2v) is 22.4. The molecule has 0 saturated heterocycles. The highest BCUT2D eigenvalue weighted by molar-refractivity contribution is 6.79. The summed E-state index contributed by atoms with van der Waals surface area (Å²) in [7, 11) is 3.75. The Morgan fingerprint density at radius 1 is 0.909 bits per heavy atom. The molecule has 0 spiro atoms. The molecular weight excluding hydrogens is 342 g/mol. The van der Waals surface area contributed by atoms with Crippen molar-refractivity contribution < 1.29 is 22.0 Å². The van der Waals surface area contributed by atoms with E-state index in [4.69, 9.17) is 5.11 Å². The summed E-state index contributed by atoms with van der Waals surface area (Å²) in [5.41, 5.74) is 0.997. The largest absolute Gasteiger partial charge is 1.00 e. The topological polar surface area (TPSA) is 20.2 Å². The van der Waals surface area contributed by atoms with Crippen molar-refractivity contribution in [1.82, 2.24) is 0 Å². The third kappa shape index (κ3) is 15.7. The zero-order valence-electron chi connectivity index (χ0n) is 16.3. The molecule has 0 aromatic carbocycles. The molecule has 0 aliphatic rings. The first kappa shape index (κ1) is 25.1. The van der Waals surface area contributed by atoms with E-state index in [0.29, 0.717) is 6.61 Å². The summed E-state index contributed by atoms with van der Waals surface area (Å²) in [6, 6.07) is 4.43. The molecule has 0 aromatic rings. The van der Waals surface area contributed by atoms with E-state index in [-0.39, 0.29) is 12.4 Å². The second kappa shape index (κ2) is 10.7. The Labute approximate surface area is 150 Å². The first-order valence-corrected chi connectivity index (χ1v) is 17.2. The van der Waals surface area contributed by atoms with E-state index in [2.05, 4.69) is 53.4 Å². The lowest BCUT2D eigenvalue weighted by Gasteiger charge is -2.31. The van der Waals surface area contributed by atoms with Crippen LogP contribution >= 0.6 is 0 Å². The number of nitrogens with zero attached hydrogens (tertiary/aromatic N) is 1. The van der Waals surface area contributed by atoms with Crippen LogP contribution in [0.4, 0.5) is 0 Å². The van der Waals surface area contributed by atoms with E-state index in [0.717, 1.165) is 26.1 Å². The van der Waals surface area contributed by atoms with Gasteiger partial charge in [-0.05, 0) is 6.42 Å². The highest BCUT2D eigenvalue weighted by Crippen LogP contribution is 2.30. The fourth-order valence-electron chi connectivity index (χ4n) is 2.89. The molecule has 0 aromatic heterocycles. The van der Waals surface area contributed by atoms with E-state index in [9.17, 15) is 0 Å². The SMILES string of the molecule is C[N+](C)(CCO)CCC[Si]C(C[Si](C)(C)C)C[Si](C)(C)C.[Cl-]. The van der Waals surface area contributed by atoms with Crippen LogP contribution in [0.1, 0.15) is 6.42 Å². The lowest BCUT2D eigenvalue weighted by atomic mass is 10.4. The van der Waals surface area contributed by atoms with Crippen molar-refractivity contribution in [3.63, 3.8) is 0 Å². The highest BCUT2D eigenvalue weighted by atomic mass is 35.5. The Balaban J connectivity index is 0. The second-order valence-electron chi connectivity index (χ2n) is 9.64. The standard InChI is InChI=1S/C16H40NOSi3.ClH/c1-17(2,11-12-18)10-9-13-19-16(14-20(3,4)5)15-21(6,7)8;/h16,18H,9-15H2,1-8H3;1H/q+1;/p-1. The molecule has 6 heteroatoms. The van der Waals surface area contributed by atoms with Crippen LogP contribution < -0.4 is 12.4 Å². The molecule has 0 fully saturated rings. The molecule has 134 valence electrons. The van der Waals surface area contributed by atoms with E-state index in [1.807, 2.05) is 0 Å². The summed E-state index contributed by atoms with van der Waals surface area (Å²) in [4.78, 5) is 0. The molecule has 0 aliphatic carbocycles. The third-order valence-corrected chi connectivity index (χ3v) is 9.68. The van der Waals surface area contributed by atoms with Gasteiger partial charge in [-0.3, -0.25) is 0 Å². The fraction of sp³-hybridized carbons (Fsp3) is 1.00. The van der Waals surface area contributed by atoms with Crippen molar-refractivity contribution >= 4 is 25.7 Å². The molecule has 2 nitrogen and oxygen atoms in total. The van der Waals surface area contributed by atoms with Crippen LogP contribution in [-0.2, 0) is 0 Å². The first-order valence-electron chi connectivity index (χ1n) is 8.51. The number of hydrogen-bond acceptors (Lipinski definition) is 1. The zero-order chi connectivity index (χ0) is 16.7. The number of halogens is 1. The number of likely N-dealkylation sites (N-methyl/N-ethyl adjacent to an activating group) is 1. The molecule has 0 heterocycles. The van der Waals surface area contributed by atoms with Crippen LogP contribution in [0, 0.1) is 0 Å². The minimum Gasteiger partial charge on any atom is -1.00 e. The van der Waals surface area contributed by atoms with Crippen LogP contribution in [0.3, 0.4) is 0 Å². The van der Waals surface area contributed by atoms with Gasteiger partial charge in [-0.2, -0.15) is 0 Å². The molecule has 1 N–H and O–H groups in total. The van der Waals surface area contributed by atoms with Gasteiger partial charge in [-0.25, -0.2) is 0 Å². The van der Waals surface area contributed by atoms with Crippen LogP contribution in [0.25, 0.3) is 0 Å². The maximum absolute atomic E-state index is 9.10. The van der Waals surface area contributed by atoms with Gasteiger partial charge < -0.3 is 22.0 Å². The zero-order valence-corrected chi connectivity index (χ0v) is 20.1. The minimum absolute atomic E-state index is 0. The normalized spacial score (nSPS) is 13.4. The number of aliphatic hydroxyl groups is 1. The Bertz CT molecular complexity index is 272. The Hall–Kier alpha value is 0.861. The molecule has 0 bridgehead atoms. The lowest BCUT2D eigenvalue weighted by molar-refractivity contribution is -0.890. The molecule has 22 heavy (non-hydrogen) atoms. The molecule has 0 saturated carbocycles. The van der Waals surface area contributed by atoms with E-state index >= 15 is 0 Å². The predicted molar refractivity (Wildman–Crippen MR) is 104 cm³/mol. The third-order valence-electron chi connectivity index (χ3n) is 3.80. The van der Waals surface area contributed by atoms with Crippen molar-refractivity contribution in [1.29, 1.82) is 0 Å². The first-order chi connectivity index (χ1) is 9.35. The lowest BCUT2D eigenvalue weighted by Crippen LogP contribution is -3.00. The number of rotatable bonds is 11. The maximum Gasteiger partial charge on any atom is 0.102 e.